The van der Waals surface area contributed by atoms with E-state index < -0.39 is 0 Å². The van der Waals surface area contributed by atoms with E-state index in [9.17, 15) is 0 Å². The highest BCUT2D eigenvalue weighted by atomic mass is 14.9. The molecule has 2 aliphatic carbocycles. The summed E-state index contributed by atoms with van der Waals surface area (Å²) >= 11 is 0. The van der Waals surface area contributed by atoms with Crippen molar-refractivity contribution < 1.29 is 0 Å². The van der Waals surface area contributed by atoms with Gasteiger partial charge in [0.2, 0.25) is 0 Å². The van der Waals surface area contributed by atoms with Gasteiger partial charge in [0.05, 0.1) is 0 Å². The molecule has 0 aromatic carbocycles. The Kier molecular flexibility index (Phi) is 5.34. The number of nitrogens with one attached hydrogen (secondary N) is 1. The maximum Gasteiger partial charge on any atom is 0.0149 e. The van der Waals surface area contributed by atoms with Crippen LogP contribution in [0.4, 0.5) is 0 Å². The van der Waals surface area contributed by atoms with Gasteiger partial charge in [-0.1, -0.05) is 46.5 Å². The predicted octanol–water partition coefficient (Wildman–Crippen LogP) is 5.01. The largest absolute Gasteiger partial charge is 0.316 e. The quantitative estimate of drug-likeness (QED) is 0.737. The Morgan fingerprint density at radius 3 is 2.11 bits per heavy atom. The normalized spacial score (nSPS) is 32.7. The van der Waals surface area contributed by atoms with E-state index in [0.29, 0.717) is 5.41 Å². The average molecular weight is 265 g/mol. The molecule has 0 aromatic heterocycles. The van der Waals surface area contributed by atoms with E-state index in [2.05, 4.69) is 33.1 Å². The molecule has 2 aliphatic rings. The van der Waals surface area contributed by atoms with Gasteiger partial charge in [-0.2, -0.15) is 0 Å². The van der Waals surface area contributed by atoms with Crippen molar-refractivity contribution in [1.82, 2.24) is 5.32 Å². The first kappa shape index (κ1) is 15.4. The zero-order valence-corrected chi connectivity index (χ0v) is 13.7. The molecule has 0 spiro atoms. The van der Waals surface area contributed by atoms with Gasteiger partial charge in [-0.05, 0) is 62.3 Å². The standard InChI is InChI=1S/C18H35N/c1-14(2)13-18(11-5-6-12-18)17(19-4)16-9-7-15(3)8-10-16/h14-17,19H,5-13H2,1-4H3. The van der Waals surface area contributed by atoms with Crippen LogP contribution in [0.2, 0.25) is 0 Å². The van der Waals surface area contributed by atoms with E-state index in [-0.39, 0.29) is 0 Å². The predicted molar refractivity (Wildman–Crippen MR) is 84.3 cm³/mol. The summed E-state index contributed by atoms with van der Waals surface area (Å²) in [5, 5.41) is 3.77. The lowest BCUT2D eigenvalue weighted by atomic mass is 9.65. The molecule has 1 N–H and O–H groups in total. The Hall–Kier alpha value is -0.0400. The number of rotatable bonds is 5. The van der Waals surface area contributed by atoms with Crippen LogP contribution in [0, 0.1) is 23.2 Å². The van der Waals surface area contributed by atoms with Crippen LogP contribution in [-0.4, -0.2) is 13.1 Å². The molecule has 0 heterocycles. The minimum absolute atomic E-state index is 0.619. The van der Waals surface area contributed by atoms with Crippen molar-refractivity contribution in [3.8, 4) is 0 Å². The van der Waals surface area contributed by atoms with Gasteiger partial charge in [0.25, 0.3) is 0 Å². The molecule has 0 aromatic rings. The number of hydrogen-bond acceptors (Lipinski definition) is 1. The van der Waals surface area contributed by atoms with E-state index >= 15 is 0 Å². The average Bonchev–Trinajstić information content (AvgIpc) is 2.81. The molecule has 0 saturated heterocycles. The van der Waals surface area contributed by atoms with Gasteiger partial charge in [0.15, 0.2) is 0 Å². The van der Waals surface area contributed by atoms with E-state index in [1.165, 1.54) is 57.8 Å². The molecule has 0 amide bonds. The van der Waals surface area contributed by atoms with Crippen molar-refractivity contribution in [3.63, 3.8) is 0 Å². The molecule has 19 heavy (non-hydrogen) atoms. The van der Waals surface area contributed by atoms with Crippen molar-refractivity contribution in [1.29, 1.82) is 0 Å². The van der Waals surface area contributed by atoms with Crippen LogP contribution in [0.25, 0.3) is 0 Å². The fraction of sp³-hybridized carbons (Fsp3) is 1.00. The van der Waals surface area contributed by atoms with Crippen LogP contribution in [0.5, 0.6) is 0 Å². The highest BCUT2D eigenvalue weighted by Gasteiger charge is 2.44. The van der Waals surface area contributed by atoms with E-state index in [1.54, 1.807) is 0 Å². The van der Waals surface area contributed by atoms with Crippen LogP contribution >= 0.6 is 0 Å². The zero-order chi connectivity index (χ0) is 13.9. The fourth-order valence-electron chi connectivity index (χ4n) is 5.20. The Bertz CT molecular complexity index is 257. The SMILES string of the molecule is CNC(C1CCC(C)CC1)C1(CC(C)C)CCCC1. The molecule has 2 saturated carbocycles. The summed E-state index contributed by atoms with van der Waals surface area (Å²) in [6, 6.07) is 0.782. The third-order valence-electron chi connectivity index (χ3n) is 5.92. The van der Waals surface area contributed by atoms with E-state index in [4.69, 9.17) is 0 Å². The lowest BCUT2D eigenvalue weighted by Gasteiger charge is -2.45. The molecule has 0 aliphatic heterocycles. The van der Waals surface area contributed by atoms with Crippen molar-refractivity contribution in [2.45, 2.75) is 84.6 Å². The summed E-state index contributed by atoms with van der Waals surface area (Å²) in [5.74, 6) is 2.76. The van der Waals surface area contributed by atoms with Crippen LogP contribution in [0.15, 0.2) is 0 Å². The van der Waals surface area contributed by atoms with Gasteiger partial charge in [-0.3, -0.25) is 0 Å². The Morgan fingerprint density at radius 1 is 1.05 bits per heavy atom. The maximum atomic E-state index is 3.77. The summed E-state index contributed by atoms with van der Waals surface area (Å²) in [4.78, 5) is 0. The summed E-state index contributed by atoms with van der Waals surface area (Å²) in [7, 11) is 2.23. The third-order valence-corrected chi connectivity index (χ3v) is 5.92. The van der Waals surface area contributed by atoms with Gasteiger partial charge in [-0.25, -0.2) is 0 Å². The molecule has 1 atom stereocenters. The molecule has 112 valence electrons. The maximum absolute atomic E-state index is 3.77. The number of hydrogen-bond donors (Lipinski definition) is 1. The third kappa shape index (κ3) is 3.54. The summed E-state index contributed by atoms with van der Waals surface area (Å²) in [6.45, 7) is 7.26. The first-order chi connectivity index (χ1) is 9.07. The van der Waals surface area contributed by atoms with Crippen molar-refractivity contribution >= 4 is 0 Å². The Balaban J connectivity index is 2.08. The second kappa shape index (κ2) is 6.61. The lowest BCUT2D eigenvalue weighted by Crippen LogP contribution is -2.49. The lowest BCUT2D eigenvalue weighted by molar-refractivity contribution is 0.0889. The van der Waals surface area contributed by atoms with Crippen LogP contribution in [-0.2, 0) is 0 Å². The smallest absolute Gasteiger partial charge is 0.0149 e. The second-order valence-electron chi connectivity index (χ2n) is 7.95. The highest BCUT2D eigenvalue weighted by Crippen LogP contribution is 2.50. The van der Waals surface area contributed by atoms with E-state index in [1.807, 2.05) is 0 Å². The molecular weight excluding hydrogens is 230 g/mol. The van der Waals surface area contributed by atoms with Crippen molar-refractivity contribution in [2.75, 3.05) is 7.05 Å². The minimum Gasteiger partial charge on any atom is -0.316 e. The molecule has 0 bridgehead atoms. The monoisotopic (exact) mass is 265 g/mol. The molecule has 2 rings (SSSR count). The summed E-state index contributed by atoms with van der Waals surface area (Å²) in [5.41, 5.74) is 0.619. The van der Waals surface area contributed by atoms with Crippen molar-refractivity contribution in [3.05, 3.63) is 0 Å². The highest BCUT2D eigenvalue weighted by molar-refractivity contribution is 4.98. The Labute approximate surface area is 120 Å². The van der Waals surface area contributed by atoms with Crippen molar-refractivity contribution in [2.24, 2.45) is 23.2 Å². The first-order valence-electron chi connectivity index (χ1n) is 8.74. The van der Waals surface area contributed by atoms with Gasteiger partial charge in [-0.15, -0.1) is 0 Å². The second-order valence-corrected chi connectivity index (χ2v) is 7.95. The van der Waals surface area contributed by atoms with E-state index in [0.717, 1.165) is 23.8 Å². The fourth-order valence-corrected chi connectivity index (χ4v) is 5.20. The van der Waals surface area contributed by atoms with Crippen LogP contribution < -0.4 is 5.32 Å². The van der Waals surface area contributed by atoms with Crippen LogP contribution in [0.1, 0.15) is 78.6 Å². The summed E-state index contributed by atoms with van der Waals surface area (Å²) in [6.07, 6.45) is 13.2. The molecule has 1 unspecified atom stereocenters. The topological polar surface area (TPSA) is 12.0 Å². The molecule has 2 fully saturated rings. The molecule has 0 radical (unpaired) electrons. The molecule has 1 heteroatoms. The zero-order valence-electron chi connectivity index (χ0n) is 13.7. The van der Waals surface area contributed by atoms with Gasteiger partial charge >= 0.3 is 0 Å². The summed E-state index contributed by atoms with van der Waals surface area (Å²) < 4.78 is 0. The first-order valence-corrected chi connectivity index (χ1v) is 8.74. The molecule has 1 nitrogen and oxygen atoms in total. The van der Waals surface area contributed by atoms with Gasteiger partial charge in [0.1, 0.15) is 0 Å². The van der Waals surface area contributed by atoms with Gasteiger partial charge in [0, 0.05) is 6.04 Å². The Morgan fingerprint density at radius 2 is 1.63 bits per heavy atom. The molecular formula is C18H35N. The minimum atomic E-state index is 0.619. The van der Waals surface area contributed by atoms with Gasteiger partial charge < -0.3 is 5.32 Å². The van der Waals surface area contributed by atoms with Crippen LogP contribution in [0.3, 0.4) is 0 Å².